The molecule has 9 heteroatoms. The highest BCUT2D eigenvalue weighted by Gasteiger charge is 2.58. The molecule has 0 saturated carbocycles. The molecule has 0 radical (unpaired) electrons. The summed E-state index contributed by atoms with van der Waals surface area (Å²) in [7, 11) is 0. The Hall–Kier alpha value is -5.12. The Labute approximate surface area is 241 Å². The van der Waals surface area contributed by atoms with Crippen LogP contribution in [-0.2, 0) is 27.5 Å². The Morgan fingerprint density at radius 3 is 1.98 bits per heavy atom. The molecule has 4 heterocycles. The number of hydrogen-bond donors (Lipinski definition) is 1. The molecule has 0 unspecified atom stereocenters. The number of rotatable bonds is 7. The first-order valence-electron chi connectivity index (χ1n) is 13.8. The minimum Gasteiger partial charge on any atom is -0.347 e. The quantitative estimate of drug-likeness (QED) is 0.302. The van der Waals surface area contributed by atoms with Gasteiger partial charge in [-0.2, -0.15) is 5.48 Å². The van der Waals surface area contributed by atoms with Gasteiger partial charge in [-0.3, -0.25) is 23.6 Å². The van der Waals surface area contributed by atoms with Crippen LogP contribution in [0.25, 0.3) is 5.65 Å². The maximum atomic E-state index is 14.3. The Kier molecular flexibility index (Phi) is 6.58. The van der Waals surface area contributed by atoms with Crippen molar-refractivity contribution in [2.75, 3.05) is 9.80 Å². The molecule has 1 N–H and O–H groups in total. The predicted molar refractivity (Wildman–Crippen MR) is 157 cm³/mol. The molecule has 7 rings (SSSR count). The van der Waals surface area contributed by atoms with Gasteiger partial charge in [-0.1, -0.05) is 84.9 Å². The summed E-state index contributed by atoms with van der Waals surface area (Å²) < 4.78 is 1.47. The lowest BCUT2D eigenvalue weighted by Gasteiger charge is -2.29. The van der Waals surface area contributed by atoms with Crippen LogP contribution in [0.1, 0.15) is 22.7 Å². The summed E-state index contributed by atoms with van der Waals surface area (Å²) in [5.74, 6) is -1.40. The van der Waals surface area contributed by atoms with E-state index in [4.69, 9.17) is 9.82 Å². The van der Waals surface area contributed by atoms with E-state index in [1.807, 2.05) is 77.7 Å². The van der Waals surface area contributed by atoms with Gasteiger partial charge >= 0.3 is 0 Å². The van der Waals surface area contributed by atoms with E-state index in [0.717, 1.165) is 16.0 Å². The number of fused-ring (bicyclic) bond motifs is 2. The van der Waals surface area contributed by atoms with Crippen LogP contribution in [0.2, 0.25) is 0 Å². The third-order valence-electron chi connectivity index (χ3n) is 7.78. The normalized spacial score (nSPS) is 19.8. The van der Waals surface area contributed by atoms with E-state index in [-0.39, 0.29) is 11.1 Å². The van der Waals surface area contributed by atoms with Crippen molar-refractivity contribution < 1.29 is 14.4 Å². The van der Waals surface area contributed by atoms with E-state index in [2.05, 4.69) is 5.48 Å². The lowest BCUT2D eigenvalue weighted by Crippen LogP contribution is -2.38. The van der Waals surface area contributed by atoms with Gasteiger partial charge in [-0.25, -0.2) is 9.88 Å². The number of carbonyl (C=O) groups is 2. The van der Waals surface area contributed by atoms with Crippen molar-refractivity contribution in [1.29, 1.82) is 0 Å². The molecule has 42 heavy (non-hydrogen) atoms. The number of carbonyl (C=O) groups excluding carboxylic acids is 2. The number of anilines is 2. The summed E-state index contributed by atoms with van der Waals surface area (Å²) in [5.41, 5.74) is 5.83. The zero-order valence-electron chi connectivity index (χ0n) is 22.5. The molecule has 2 saturated heterocycles. The minimum absolute atomic E-state index is 0.272. The molecular formula is C33H27N5O4. The topological polar surface area (TPSA) is 96.2 Å². The Morgan fingerprint density at radius 2 is 1.33 bits per heavy atom. The molecule has 2 fully saturated rings. The predicted octanol–water partition coefficient (Wildman–Crippen LogP) is 4.04. The maximum Gasteiger partial charge on any atom is 0.265 e. The molecule has 0 aliphatic carbocycles. The number of amides is 2. The van der Waals surface area contributed by atoms with Crippen LogP contribution in [-0.4, -0.2) is 27.3 Å². The van der Waals surface area contributed by atoms with Crippen LogP contribution in [0, 0.1) is 5.92 Å². The number of pyridine rings is 1. The SMILES string of the molecule is O=C1[C@@H]2[C@@H](ON[C@H]2c2c(N(Cc3ccccc3)Cc3ccccc3)nc3ccccn3c2=O)C(=O)N1c1ccccc1. The van der Waals surface area contributed by atoms with E-state index in [1.165, 1.54) is 4.40 Å². The Morgan fingerprint density at radius 1 is 0.738 bits per heavy atom. The Balaban J connectivity index is 1.38. The molecule has 0 spiro atoms. The van der Waals surface area contributed by atoms with Crippen molar-refractivity contribution in [2.45, 2.75) is 25.2 Å². The third kappa shape index (κ3) is 4.45. The average Bonchev–Trinajstić information content (AvgIpc) is 3.57. The number of benzene rings is 3. The lowest BCUT2D eigenvalue weighted by atomic mass is 9.92. The van der Waals surface area contributed by atoms with Gasteiger partial charge in [0.05, 0.1) is 23.2 Å². The van der Waals surface area contributed by atoms with E-state index in [1.54, 1.807) is 42.6 Å². The Bertz CT molecular complexity index is 1790. The van der Waals surface area contributed by atoms with Crippen molar-refractivity contribution >= 4 is 29.0 Å². The van der Waals surface area contributed by atoms with Crippen molar-refractivity contribution in [1.82, 2.24) is 14.9 Å². The van der Waals surface area contributed by atoms with Gasteiger partial charge in [-0.15, -0.1) is 0 Å². The van der Waals surface area contributed by atoms with Crippen LogP contribution in [0.15, 0.2) is 120 Å². The summed E-state index contributed by atoms with van der Waals surface area (Å²) in [6.07, 6.45) is 0.588. The average molecular weight is 558 g/mol. The molecule has 9 nitrogen and oxygen atoms in total. The highest BCUT2D eigenvalue weighted by atomic mass is 16.7. The van der Waals surface area contributed by atoms with E-state index in [0.29, 0.717) is 30.2 Å². The van der Waals surface area contributed by atoms with Crippen LogP contribution in [0.3, 0.4) is 0 Å². The summed E-state index contributed by atoms with van der Waals surface area (Å²) in [4.78, 5) is 55.5. The zero-order chi connectivity index (χ0) is 28.6. The molecule has 2 aliphatic rings. The molecule has 0 bridgehead atoms. The first-order valence-corrected chi connectivity index (χ1v) is 13.8. The minimum atomic E-state index is -1.07. The van der Waals surface area contributed by atoms with Gasteiger partial charge in [0.1, 0.15) is 11.5 Å². The van der Waals surface area contributed by atoms with E-state index >= 15 is 0 Å². The van der Waals surface area contributed by atoms with Crippen molar-refractivity contribution in [3.63, 3.8) is 0 Å². The third-order valence-corrected chi connectivity index (χ3v) is 7.78. The monoisotopic (exact) mass is 557 g/mol. The number of para-hydroxylation sites is 1. The van der Waals surface area contributed by atoms with Crippen LogP contribution >= 0.6 is 0 Å². The lowest BCUT2D eigenvalue weighted by molar-refractivity contribution is -0.128. The number of hydrogen-bond acceptors (Lipinski definition) is 7. The van der Waals surface area contributed by atoms with Gasteiger partial charge in [0.2, 0.25) is 5.91 Å². The first-order chi connectivity index (χ1) is 20.6. The van der Waals surface area contributed by atoms with Crippen LogP contribution in [0.4, 0.5) is 11.5 Å². The summed E-state index contributed by atoms with van der Waals surface area (Å²) in [5, 5.41) is 0. The summed E-state index contributed by atoms with van der Waals surface area (Å²) in [6, 6.07) is 33.1. The molecule has 208 valence electrons. The second-order valence-electron chi connectivity index (χ2n) is 10.4. The van der Waals surface area contributed by atoms with Gasteiger partial charge in [-0.05, 0) is 35.4 Å². The standard InChI is InChI=1S/C33H27N5O4/c39-31-27(28-26-29(42-35-28)33(41)38(32(26)40)24-16-8-3-9-17-24)30(34-25-18-10-11-19-37(25)31)36(20-22-12-4-1-5-13-22)21-23-14-6-2-7-15-23/h1-19,26,28-29,35H,20-21H2/t26-,28+,29+/m0/s1. The van der Waals surface area contributed by atoms with Gasteiger partial charge < -0.3 is 4.90 Å². The van der Waals surface area contributed by atoms with E-state index < -0.39 is 29.9 Å². The highest BCUT2D eigenvalue weighted by Crippen LogP contribution is 2.42. The smallest absolute Gasteiger partial charge is 0.265 e. The first kappa shape index (κ1) is 25.8. The fourth-order valence-electron chi connectivity index (χ4n) is 5.82. The molecule has 5 aromatic rings. The second-order valence-corrected chi connectivity index (χ2v) is 10.4. The molecule has 2 amide bonds. The van der Waals surface area contributed by atoms with Gasteiger partial charge in [0.15, 0.2) is 6.10 Å². The van der Waals surface area contributed by atoms with Crippen LogP contribution in [0.5, 0.6) is 0 Å². The molecule has 2 aliphatic heterocycles. The molecule has 3 atom stereocenters. The second kappa shape index (κ2) is 10.7. The van der Waals surface area contributed by atoms with Crippen molar-refractivity contribution in [2.24, 2.45) is 5.92 Å². The summed E-state index contributed by atoms with van der Waals surface area (Å²) in [6.45, 7) is 0.922. The maximum absolute atomic E-state index is 14.3. The largest absolute Gasteiger partial charge is 0.347 e. The molecule has 3 aromatic carbocycles. The molecular weight excluding hydrogens is 530 g/mol. The zero-order valence-corrected chi connectivity index (χ0v) is 22.5. The number of nitrogens with one attached hydrogen (secondary N) is 1. The van der Waals surface area contributed by atoms with Gasteiger partial charge in [0, 0.05) is 19.3 Å². The summed E-state index contributed by atoms with van der Waals surface area (Å²) >= 11 is 0. The number of imide groups is 1. The number of aromatic nitrogens is 2. The van der Waals surface area contributed by atoms with E-state index in [9.17, 15) is 14.4 Å². The highest BCUT2D eigenvalue weighted by molar-refractivity contribution is 6.23. The van der Waals surface area contributed by atoms with Gasteiger partial charge in [0.25, 0.3) is 11.5 Å². The van der Waals surface area contributed by atoms with Crippen LogP contribution < -0.4 is 20.8 Å². The fraction of sp³-hybridized carbons (Fsp3) is 0.152. The number of nitrogens with zero attached hydrogens (tertiary/aromatic N) is 4. The van der Waals surface area contributed by atoms with Crippen molar-refractivity contribution in [3.8, 4) is 0 Å². The number of hydroxylamine groups is 1. The molecule has 2 aromatic heterocycles. The fourth-order valence-corrected chi connectivity index (χ4v) is 5.82. The van der Waals surface area contributed by atoms with Crippen molar-refractivity contribution in [3.05, 3.63) is 142 Å².